The maximum Gasteiger partial charge on any atom is 0.138 e. The van der Waals surface area contributed by atoms with Crippen LogP contribution in [-0.4, -0.2) is 52.9 Å². The van der Waals surface area contributed by atoms with E-state index in [0.717, 1.165) is 43.1 Å². The molecule has 1 aliphatic rings. The lowest BCUT2D eigenvalue weighted by Crippen LogP contribution is -2.44. The zero-order valence-electron chi connectivity index (χ0n) is 25.1. The number of benzene rings is 4. The number of likely N-dealkylation sites (N-methyl/N-ethyl adjacent to an activating group) is 1. The van der Waals surface area contributed by atoms with Crippen LogP contribution in [-0.2, 0) is 5.54 Å². The van der Waals surface area contributed by atoms with Gasteiger partial charge in [0.1, 0.15) is 5.54 Å². The maximum atomic E-state index is 5.37. The van der Waals surface area contributed by atoms with E-state index in [2.05, 4.69) is 151 Å². The summed E-state index contributed by atoms with van der Waals surface area (Å²) >= 11 is 0. The van der Waals surface area contributed by atoms with Crippen molar-refractivity contribution in [2.75, 3.05) is 38.1 Å². The van der Waals surface area contributed by atoms with E-state index in [4.69, 9.17) is 10.1 Å². The molecule has 2 aromatic heterocycles. The van der Waals surface area contributed by atoms with Gasteiger partial charge in [-0.3, -0.25) is 4.98 Å². The molecule has 0 bridgehead atoms. The van der Waals surface area contributed by atoms with Gasteiger partial charge in [-0.05, 0) is 61.3 Å². The molecule has 43 heavy (non-hydrogen) atoms. The fourth-order valence-electron chi connectivity index (χ4n) is 6.90. The summed E-state index contributed by atoms with van der Waals surface area (Å²) in [5.41, 5.74) is 9.61. The molecule has 0 atom stereocenters. The van der Waals surface area contributed by atoms with Crippen molar-refractivity contribution in [2.45, 2.75) is 19.4 Å². The van der Waals surface area contributed by atoms with Crippen molar-refractivity contribution in [1.29, 1.82) is 0 Å². The Hall–Kier alpha value is -4.74. The number of hydrogen-bond donors (Lipinski definition) is 0. The summed E-state index contributed by atoms with van der Waals surface area (Å²) in [4.78, 5) is 9.63. The summed E-state index contributed by atoms with van der Waals surface area (Å²) in [6.07, 6.45) is 1.94. The zero-order valence-corrected chi connectivity index (χ0v) is 25.1. The summed E-state index contributed by atoms with van der Waals surface area (Å²) in [7, 11) is 2.20. The molecule has 0 spiro atoms. The molecule has 0 radical (unpaired) electrons. The van der Waals surface area contributed by atoms with Crippen molar-refractivity contribution < 1.29 is 0 Å². The molecule has 0 unspecified atom stereocenters. The van der Waals surface area contributed by atoms with Crippen molar-refractivity contribution in [3.05, 3.63) is 150 Å². The summed E-state index contributed by atoms with van der Waals surface area (Å²) < 4.78 is 2.26. The van der Waals surface area contributed by atoms with Gasteiger partial charge in [-0.1, -0.05) is 97.1 Å². The van der Waals surface area contributed by atoms with E-state index < -0.39 is 5.54 Å². The Morgan fingerprint density at radius 2 is 1.21 bits per heavy atom. The van der Waals surface area contributed by atoms with Crippen LogP contribution < -0.4 is 4.90 Å². The summed E-state index contributed by atoms with van der Waals surface area (Å²) in [6, 6.07) is 41.2. The van der Waals surface area contributed by atoms with Crippen molar-refractivity contribution >= 4 is 16.6 Å². The Morgan fingerprint density at radius 3 is 1.77 bits per heavy atom. The number of aryl methyl sites for hydroxylation is 1. The molecule has 6 aromatic rings. The molecule has 0 amide bonds. The topological polar surface area (TPSA) is 37.2 Å². The average Bonchev–Trinajstić information content (AvgIpc) is 3.36. The highest BCUT2D eigenvalue weighted by Gasteiger charge is 2.41. The number of piperazine rings is 1. The van der Waals surface area contributed by atoms with E-state index in [9.17, 15) is 0 Å². The summed E-state index contributed by atoms with van der Waals surface area (Å²) in [5.74, 6) is 0. The number of anilines is 1. The first-order valence-electron chi connectivity index (χ1n) is 15.1. The molecular formula is C38H37N5. The van der Waals surface area contributed by atoms with Gasteiger partial charge in [0.2, 0.25) is 0 Å². The van der Waals surface area contributed by atoms with E-state index >= 15 is 0 Å². The predicted octanol–water partition coefficient (Wildman–Crippen LogP) is 7.31. The minimum Gasteiger partial charge on any atom is -0.368 e. The summed E-state index contributed by atoms with van der Waals surface area (Å²) in [5, 5.41) is 6.57. The number of fused-ring (bicyclic) bond motifs is 1. The Kier molecular flexibility index (Phi) is 7.04. The standard InChI is InChI=1S/C38H37N5/c1-28-37(30-19-20-35-34(27-30)36(21-22-39-35)42-25-23-41(3)24-26-42)29(2)43(40-28)38(31-13-7-4-8-14-31,32-15-9-5-10-16-32)33-17-11-6-12-18-33/h4-22,27H,23-26H2,1-3H3. The molecular weight excluding hydrogens is 526 g/mol. The third-order valence-electron chi connectivity index (χ3n) is 9.03. The first kappa shape index (κ1) is 27.1. The first-order valence-corrected chi connectivity index (χ1v) is 15.1. The van der Waals surface area contributed by atoms with Gasteiger partial charge in [0.05, 0.1) is 11.2 Å². The zero-order chi connectivity index (χ0) is 29.4. The number of pyridine rings is 1. The molecule has 5 heteroatoms. The molecule has 0 aliphatic carbocycles. The van der Waals surface area contributed by atoms with Crippen LogP contribution in [0.4, 0.5) is 5.69 Å². The van der Waals surface area contributed by atoms with Crippen molar-refractivity contribution in [3.8, 4) is 11.1 Å². The maximum absolute atomic E-state index is 5.37. The Bertz CT molecular complexity index is 1760. The number of rotatable bonds is 6. The molecule has 5 nitrogen and oxygen atoms in total. The van der Waals surface area contributed by atoms with Crippen LogP contribution in [0.2, 0.25) is 0 Å². The van der Waals surface area contributed by atoms with Gasteiger partial charge in [0, 0.05) is 54.7 Å². The van der Waals surface area contributed by atoms with Gasteiger partial charge < -0.3 is 9.80 Å². The lowest BCUT2D eigenvalue weighted by Gasteiger charge is -2.37. The molecule has 0 saturated carbocycles. The number of aromatic nitrogens is 3. The van der Waals surface area contributed by atoms with E-state index in [0.29, 0.717) is 0 Å². The van der Waals surface area contributed by atoms with Gasteiger partial charge in [0.15, 0.2) is 0 Å². The Labute approximate surface area is 254 Å². The molecule has 1 saturated heterocycles. The highest BCUT2D eigenvalue weighted by Crippen LogP contribution is 2.43. The molecule has 4 aromatic carbocycles. The van der Waals surface area contributed by atoms with Gasteiger partial charge in [-0.2, -0.15) is 5.10 Å². The van der Waals surface area contributed by atoms with Crippen LogP contribution >= 0.6 is 0 Å². The van der Waals surface area contributed by atoms with Gasteiger partial charge in [-0.25, -0.2) is 4.68 Å². The third kappa shape index (κ3) is 4.61. The number of hydrogen-bond acceptors (Lipinski definition) is 4. The molecule has 0 N–H and O–H groups in total. The minimum atomic E-state index is -0.653. The van der Waals surface area contributed by atoms with Crippen LogP contribution in [0.1, 0.15) is 28.1 Å². The van der Waals surface area contributed by atoms with Crippen molar-refractivity contribution in [1.82, 2.24) is 19.7 Å². The highest BCUT2D eigenvalue weighted by molar-refractivity contribution is 5.95. The quantitative estimate of drug-likeness (QED) is 0.199. The van der Waals surface area contributed by atoms with Gasteiger partial charge in [-0.15, -0.1) is 0 Å². The fraction of sp³-hybridized carbons (Fsp3) is 0.211. The van der Waals surface area contributed by atoms with E-state index in [-0.39, 0.29) is 0 Å². The second-order valence-electron chi connectivity index (χ2n) is 11.6. The smallest absolute Gasteiger partial charge is 0.138 e. The lowest BCUT2D eigenvalue weighted by molar-refractivity contribution is 0.313. The molecule has 214 valence electrons. The fourth-order valence-corrected chi connectivity index (χ4v) is 6.90. The second kappa shape index (κ2) is 11.2. The summed E-state index contributed by atoms with van der Waals surface area (Å²) in [6.45, 7) is 8.52. The molecule has 3 heterocycles. The van der Waals surface area contributed by atoms with Crippen LogP contribution in [0.25, 0.3) is 22.0 Å². The highest BCUT2D eigenvalue weighted by atomic mass is 15.3. The minimum absolute atomic E-state index is 0.653. The van der Waals surface area contributed by atoms with Crippen molar-refractivity contribution in [3.63, 3.8) is 0 Å². The Morgan fingerprint density at radius 1 is 0.651 bits per heavy atom. The normalized spacial score (nSPS) is 14.3. The molecule has 7 rings (SSSR count). The first-order chi connectivity index (χ1) is 21.1. The lowest BCUT2D eigenvalue weighted by atomic mass is 9.77. The third-order valence-corrected chi connectivity index (χ3v) is 9.03. The van der Waals surface area contributed by atoms with Crippen LogP contribution in [0, 0.1) is 13.8 Å². The van der Waals surface area contributed by atoms with Gasteiger partial charge >= 0.3 is 0 Å². The Balaban J connectivity index is 1.45. The van der Waals surface area contributed by atoms with Gasteiger partial charge in [0.25, 0.3) is 0 Å². The van der Waals surface area contributed by atoms with Crippen LogP contribution in [0.15, 0.2) is 121 Å². The van der Waals surface area contributed by atoms with E-state index in [1.165, 1.54) is 38.9 Å². The van der Waals surface area contributed by atoms with Crippen LogP contribution in [0.5, 0.6) is 0 Å². The SMILES string of the molecule is Cc1nn(C(c2ccccc2)(c2ccccc2)c2ccccc2)c(C)c1-c1ccc2nccc(N3CCN(C)CC3)c2c1. The average molecular weight is 564 g/mol. The predicted molar refractivity (Wildman–Crippen MR) is 177 cm³/mol. The van der Waals surface area contributed by atoms with E-state index in [1.807, 2.05) is 6.20 Å². The van der Waals surface area contributed by atoms with E-state index in [1.54, 1.807) is 0 Å². The number of nitrogens with zero attached hydrogens (tertiary/aromatic N) is 5. The second-order valence-corrected chi connectivity index (χ2v) is 11.6. The van der Waals surface area contributed by atoms with Crippen LogP contribution in [0.3, 0.4) is 0 Å². The van der Waals surface area contributed by atoms with Crippen molar-refractivity contribution in [2.24, 2.45) is 0 Å². The molecule has 1 aliphatic heterocycles. The largest absolute Gasteiger partial charge is 0.368 e. The molecule has 1 fully saturated rings. The monoisotopic (exact) mass is 563 g/mol.